The zero-order valence-corrected chi connectivity index (χ0v) is 7.45. The van der Waals surface area contributed by atoms with Gasteiger partial charge in [0.05, 0.1) is 12.2 Å². The van der Waals surface area contributed by atoms with Gasteiger partial charge in [0, 0.05) is 0 Å². The van der Waals surface area contributed by atoms with Gasteiger partial charge in [0.2, 0.25) is 0 Å². The second-order valence-electron chi connectivity index (χ2n) is 4.37. The van der Waals surface area contributed by atoms with Crippen molar-refractivity contribution in [2.45, 2.75) is 44.8 Å². The monoisotopic (exact) mass is 168 g/mol. The molecule has 0 unspecified atom stereocenters. The fourth-order valence-electron chi connectivity index (χ4n) is 2.55. The highest BCUT2D eigenvalue weighted by atomic mass is 16.3. The molecule has 0 radical (unpaired) electrons. The van der Waals surface area contributed by atoms with Gasteiger partial charge in [0.25, 0.3) is 0 Å². The maximum Gasteiger partial charge on any atom is 0.0983 e. The first kappa shape index (κ1) is 8.27. The van der Waals surface area contributed by atoms with Gasteiger partial charge in [-0.15, -0.1) is 0 Å². The van der Waals surface area contributed by atoms with Crippen molar-refractivity contribution >= 4 is 0 Å². The molecule has 0 aromatic rings. The lowest BCUT2D eigenvalue weighted by molar-refractivity contribution is 0.0117. The van der Waals surface area contributed by atoms with Crippen LogP contribution in [0.25, 0.3) is 0 Å². The van der Waals surface area contributed by atoms with Crippen LogP contribution < -0.4 is 0 Å². The molecule has 0 spiro atoms. The number of hydrogen-bond acceptors (Lipinski definition) is 2. The molecule has 68 valence electrons. The van der Waals surface area contributed by atoms with Crippen LogP contribution in [0.4, 0.5) is 0 Å². The minimum absolute atomic E-state index is 0.193. The fourth-order valence-corrected chi connectivity index (χ4v) is 2.55. The van der Waals surface area contributed by atoms with Crippen molar-refractivity contribution in [1.82, 2.24) is 0 Å². The Hall–Kier alpha value is -0.340. The van der Waals surface area contributed by atoms with E-state index >= 15 is 0 Å². The number of hydrogen-bond donors (Lipinski definition) is 2. The Morgan fingerprint density at radius 2 is 2.25 bits per heavy atom. The summed E-state index contributed by atoms with van der Waals surface area (Å²) in [5, 5.41) is 18.9. The van der Waals surface area contributed by atoms with E-state index in [0.717, 1.165) is 12.8 Å². The number of rotatable bonds is 0. The Balaban J connectivity index is 2.29. The van der Waals surface area contributed by atoms with Gasteiger partial charge in [-0.3, -0.25) is 0 Å². The second kappa shape index (κ2) is 2.57. The number of aliphatic hydroxyl groups is 2. The van der Waals surface area contributed by atoms with Crippen LogP contribution in [0.5, 0.6) is 0 Å². The molecule has 2 aliphatic carbocycles. The zero-order valence-electron chi connectivity index (χ0n) is 7.45. The standard InChI is InChI=1S/C10H16O2/c1-10-4-2-3-7(10)5-8(11)9(12)6-10/h5,8-9,11-12H,2-4,6H2,1H3/t8-,9+,10-/m0/s1. The first-order chi connectivity index (χ1) is 5.62. The molecule has 0 aliphatic heterocycles. The molecular weight excluding hydrogens is 152 g/mol. The van der Waals surface area contributed by atoms with E-state index < -0.39 is 12.2 Å². The van der Waals surface area contributed by atoms with E-state index in [1.54, 1.807) is 0 Å². The molecule has 0 heterocycles. The molecule has 1 saturated carbocycles. The van der Waals surface area contributed by atoms with Crippen molar-refractivity contribution in [3.8, 4) is 0 Å². The summed E-state index contributed by atoms with van der Waals surface area (Å²) in [6.45, 7) is 2.20. The van der Waals surface area contributed by atoms with Gasteiger partial charge in [0.15, 0.2) is 0 Å². The van der Waals surface area contributed by atoms with Gasteiger partial charge in [0.1, 0.15) is 0 Å². The summed E-state index contributed by atoms with van der Waals surface area (Å²) >= 11 is 0. The Bertz CT molecular complexity index is 222. The molecule has 0 aromatic carbocycles. The van der Waals surface area contributed by atoms with Crippen LogP contribution in [0.2, 0.25) is 0 Å². The van der Waals surface area contributed by atoms with Crippen LogP contribution in [0, 0.1) is 5.41 Å². The predicted molar refractivity (Wildman–Crippen MR) is 46.7 cm³/mol. The van der Waals surface area contributed by atoms with E-state index in [4.69, 9.17) is 0 Å². The molecule has 2 N–H and O–H groups in total. The molecule has 0 saturated heterocycles. The number of fused-ring (bicyclic) bond motifs is 1. The summed E-state index contributed by atoms with van der Waals surface area (Å²) < 4.78 is 0. The van der Waals surface area contributed by atoms with Crippen LogP contribution >= 0.6 is 0 Å². The number of aliphatic hydroxyl groups excluding tert-OH is 2. The highest BCUT2D eigenvalue weighted by Crippen LogP contribution is 2.48. The van der Waals surface area contributed by atoms with Crippen LogP contribution in [0.15, 0.2) is 11.6 Å². The third kappa shape index (κ3) is 1.10. The first-order valence-corrected chi connectivity index (χ1v) is 4.69. The van der Waals surface area contributed by atoms with Gasteiger partial charge in [-0.25, -0.2) is 0 Å². The van der Waals surface area contributed by atoms with Gasteiger partial charge in [-0.1, -0.05) is 18.6 Å². The highest BCUT2D eigenvalue weighted by Gasteiger charge is 2.40. The first-order valence-electron chi connectivity index (χ1n) is 4.69. The molecule has 0 aromatic heterocycles. The number of allylic oxidation sites excluding steroid dienone is 1. The lowest BCUT2D eigenvalue weighted by atomic mass is 9.74. The third-order valence-electron chi connectivity index (χ3n) is 3.38. The van der Waals surface area contributed by atoms with Gasteiger partial charge >= 0.3 is 0 Å². The maximum atomic E-state index is 9.50. The molecule has 2 nitrogen and oxygen atoms in total. The summed E-state index contributed by atoms with van der Waals surface area (Å²) in [6, 6.07) is 0. The van der Waals surface area contributed by atoms with Crippen LogP contribution in [0.1, 0.15) is 32.6 Å². The Morgan fingerprint density at radius 1 is 1.50 bits per heavy atom. The SMILES string of the molecule is C[C@@]12CCCC1=C[C@H](O)[C@H](O)C2. The second-order valence-corrected chi connectivity index (χ2v) is 4.37. The van der Waals surface area contributed by atoms with Crippen molar-refractivity contribution in [2.75, 3.05) is 0 Å². The summed E-state index contributed by atoms with van der Waals surface area (Å²) in [5.41, 5.74) is 1.55. The average Bonchev–Trinajstić information content (AvgIpc) is 2.32. The van der Waals surface area contributed by atoms with Crippen molar-refractivity contribution in [2.24, 2.45) is 5.41 Å². The van der Waals surface area contributed by atoms with Crippen molar-refractivity contribution in [3.05, 3.63) is 11.6 Å². The molecule has 2 heteroatoms. The van der Waals surface area contributed by atoms with E-state index in [2.05, 4.69) is 6.92 Å². The molecule has 1 fully saturated rings. The summed E-state index contributed by atoms with van der Waals surface area (Å²) in [4.78, 5) is 0. The highest BCUT2D eigenvalue weighted by molar-refractivity contribution is 5.24. The van der Waals surface area contributed by atoms with E-state index in [9.17, 15) is 10.2 Å². The predicted octanol–water partition coefficient (Wildman–Crippen LogP) is 1.23. The van der Waals surface area contributed by atoms with Gasteiger partial charge < -0.3 is 10.2 Å². The average molecular weight is 168 g/mol. The van der Waals surface area contributed by atoms with E-state index in [0.29, 0.717) is 0 Å². The molecule has 0 bridgehead atoms. The van der Waals surface area contributed by atoms with Crippen LogP contribution in [-0.2, 0) is 0 Å². The summed E-state index contributed by atoms with van der Waals surface area (Å²) in [5.74, 6) is 0. The minimum atomic E-state index is -0.619. The zero-order chi connectivity index (χ0) is 8.77. The summed E-state index contributed by atoms with van der Waals surface area (Å²) in [6.07, 6.45) is 4.93. The molecule has 3 atom stereocenters. The Kier molecular flexibility index (Phi) is 1.77. The smallest absolute Gasteiger partial charge is 0.0983 e. The molecule has 2 rings (SSSR count). The normalized spacial score (nSPS) is 47.1. The Labute approximate surface area is 72.9 Å². The lowest BCUT2D eigenvalue weighted by Crippen LogP contribution is -2.35. The third-order valence-corrected chi connectivity index (χ3v) is 3.38. The van der Waals surface area contributed by atoms with E-state index in [1.165, 1.54) is 18.4 Å². The van der Waals surface area contributed by atoms with E-state index in [1.807, 2.05) is 6.08 Å². The van der Waals surface area contributed by atoms with Crippen LogP contribution in [0.3, 0.4) is 0 Å². The van der Waals surface area contributed by atoms with Crippen molar-refractivity contribution in [1.29, 1.82) is 0 Å². The molecular formula is C10H16O2. The topological polar surface area (TPSA) is 40.5 Å². The fraction of sp³-hybridized carbons (Fsp3) is 0.800. The van der Waals surface area contributed by atoms with Crippen molar-refractivity contribution in [3.63, 3.8) is 0 Å². The molecule has 0 amide bonds. The van der Waals surface area contributed by atoms with Gasteiger partial charge in [-0.05, 0) is 31.1 Å². The lowest BCUT2D eigenvalue weighted by Gasteiger charge is -2.35. The summed E-state index contributed by atoms with van der Waals surface area (Å²) in [7, 11) is 0. The quantitative estimate of drug-likeness (QED) is 0.534. The molecule has 2 aliphatic rings. The van der Waals surface area contributed by atoms with Crippen LogP contribution in [-0.4, -0.2) is 22.4 Å². The Morgan fingerprint density at radius 3 is 3.00 bits per heavy atom. The largest absolute Gasteiger partial charge is 0.390 e. The van der Waals surface area contributed by atoms with Gasteiger partial charge in [-0.2, -0.15) is 0 Å². The van der Waals surface area contributed by atoms with E-state index in [-0.39, 0.29) is 5.41 Å². The minimum Gasteiger partial charge on any atom is -0.390 e. The molecule has 12 heavy (non-hydrogen) atoms. The van der Waals surface area contributed by atoms with Crippen molar-refractivity contribution < 1.29 is 10.2 Å². The maximum absolute atomic E-state index is 9.50.